The number of rotatable bonds is 3. The van der Waals surface area contributed by atoms with Gasteiger partial charge in [-0.05, 0) is 84.8 Å². The lowest BCUT2D eigenvalue weighted by Gasteiger charge is -2.70. The average Bonchev–Trinajstić information content (AvgIpc) is 2.93. The SMILES string of the molecule is C1=C=C(C23CC4(C#Cc5ccccc5)CC(c5ccccc5)(C2)CC(c2ccccc2)(C4)C3)C=CC=1. The van der Waals surface area contributed by atoms with Crippen molar-refractivity contribution in [2.45, 2.75) is 49.4 Å². The number of allylic oxidation sites excluding steroid dienone is 4. The third-order valence-electron chi connectivity index (χ3n) is 9.30. The van der Waals surface area contributed by atoms with E-state index in [1.807, 2.05) is 6.08 Å². The van der Waals surface area contributed by atoms with E-state index in [9.17, 15) is 0 Å². The molecule has 2 atom stereocenters. The highest BCUT2D eigenvalue weighted by Gasteiger charge is 2.69. The molecule has 2 unspecified atom stereocenters. The smallest absolute Gasteiger partial charge is 0.0344 e. The van der Waals surface area contributed by atoms with Gasteiger partial charge < -0.3 is 0 Å². The van der Waals surface area contributed by atoms with Gasteiger partial charge in [-0.25, -0.2) is 0 Å². The summed E-state index contributed by atoms with van der Waals surface area (Å²) in [6, 6.07) is 33.2. The number of hydrogen-bond acceptors (Lipinski definition) is 0. The van der Waals surface area contributed by atoms with Crippen LogP contribution in [0, 0.1) is 22.7 Å². The fourth-order valence-electron chi connectivity index (χ4n) is 8.64. The van der Waals surface area contributed by atoms with Crippen molar-refractivity contribution in [1.29, 1.82) is 0 Å². The molecular weight excluding hydrogens is 432 g/mol. The Morgan fingerprint density at radius 1 is 0.583 bits per heavy atom. The zero-order chi connectivity index (χ0) is 24.1. The van der Waals surface area contributed by atoms with Crippen LogP contribution in [0.1, 0.15) is 55.2 Å². The van der Waals surface area contributed by atoms with Crippen LogP contribution in [0.3, 0.4) is 0 Å². The Labute approximate surface area is 214 Å². The van der Waals surface area contributed by atoms with Crippen LogP contribution in [0.5, 0.6) is 0 Å². The predicted molar refractivity (Wildman–Crippen MR) is 146 cm³/mol. The first kappa shape index (κ1) is 21.5. The molecule has 0 saturated heterocycles. The molecule has 0 aromatic heterocycles. The van der Waals surface area contributed by atoms with Crippen LogP contribution < -0.4 is 0 Å². The van der Waals surface area contributed by atoms with Crippen LogP contribution in [0.2, 0.25) is 0 Å². The first-order chi connectivity index (χ1) is 17.6. The van der Waals surface area contributed by atoms with E-state index in [2.05, 4.69) is 126 Å². The van der Waals surface area contributed by atoms with Crippen LogP contribution in [0.25, 0.3) is 0 Å². The van der Waals surface area contributed by atoms with Crippen LogP contribution in [-0.4, -0.2) is 0 Å². The number of benzene rings is 3. The van der Waals surface area contributed by atoms with E-state index in [0.717, 1.165) is 24.8 Å². The van der Waals surface area contributed by atoms with E-state index < -0.39 is 0 Å². The van der Waals surface area contributed by atoms with E-state index >= 15 is 0 Å². The van der Waals surface area contributed by atoms with Crippen molar-refractivity contribution < 1.29 is 0 Å². The van der Waals surface area contributed by atoms with Gasteiger partial charge in [0, 0.05) is 22.0 Å². The van der Waals surface area contributed by atoms with E-state index in [1.54, 1.807) is 0 Å². The van der Waals surface area contributed by atoms with Gasteiger partial charge in [0.15, 0.2) is 0 Å². The van der Waals surface area contributed by atoms with E-state index in [1.165, 1.54) is 36.0 Å². The molecule has 5 aliphatic rings. The largest absolute Gasteiger partial charge is 0.0910 e. The highest BCUT2D eigenvalue weighted by Crippen LogP contribution is 2.75. The summed E-state index contributed by atoms with van der Waals surface area (Å²) in [5.41, 5.74) is 12.5. The molecule has 174 valence electrons. The summed E-state index contributed by atoms with van der Waals surface area (Å²) in [7, 11) is 0. The fourth-order valence-corrected chi connectivity index (χ4v) is 8.64. The predicted octanol–water partition coefficient (Wildman–Crippen LogP) is 8.07. The van der Waals surface area contributed by atoms with Gasteiger partial charge in [-0.15, -0.1) is 0 Å². The molecule has 8 rings (SSSR count). The second-order valence-corrected chi connectivity index (χ2v) is 11.7. The maximum atomic E-state index is 3.95. The summed E-state index contributed by atoms with van der Waals surface area (Å²) in [4.78, 5) is 0. The first-order valence-electron chi connectivity index (χ1n) is 13.2. The third kappa shape index (κ3) is 3.33. The molecule has 0 radical (unpaired) electrons. The molecule has 3 aromatic rings. The highest BCUT2D eigenvalue weighted by atomic mass is 14.7. The molecule has 3 aromatic carbocycles. The molecule has 0 amide bonds. The maximum Gasteiger partial charge on any atom is 0.0344 e. The Hall–Kier alpha value is -3.74. The lowest BCUT2D eigenvalue weighted by molar-refractivity contribution is -0.0992. The Bertz CT molecular complexity index is 1440. The molecule has 0 heterocycles. The Balaban J connectivity index is 1.49. The van der Waals surface area contributed by atoms with Crippen molar-refractivity contribution >= 4 is 0 Å². The van der Waals surface area contributed by atoms with Crippen molar-refractivity contribution in [3.8, 4) is 11.8 Å². The van der Waals surface area contributed by atoms with Crippen molar-refractivity contribution in [3.63, 3.8) is 0 Å². The van der Waals surface area contributed by atoms with Gasteiger partial charge in [0.1, 0.15) is 0 Å². The average molecular weight is 463 g/mol. The Morgan fingerprint density at radius 3 is 1.67 bits per heavy atom. The summed E-state index contributed by atoms with van der Waals surface area (Å²) in [5, 5.41) is 0. The molecule has 36 heavy (non-hydrogen) atoms. The van der Waals surface area contributed by atoms with Gasteiger partial charge in [-0.1, -0.05) is 108 Å². The van der Waals surface area contributed by atoms with E-state index in [0.29, 0.717) is 0 Å². The standard InChI is InChI=1S/C36H30/c1-5-13-29(14-6-1)21-22-33-23-34(30-15-7-2-8-16-30)26-35(24-33,31-17-9-3-10-18-31)28-36(25-33,27-34)32-19-11-4-12-20-32/h1-11,13-19H,23-28H2. The normalized spacial score (nSPS) is 33.2. The molecule has 4 bridgehead atoms. The van der Waals surface area contributed by atoms with Gasteiger partial charge in [0.2, 0.25) is 0 Å². The molecule has 0 spiro atoms. The Kier molecular flexibility index (Phi) is 4.72. The summed E-state index contributed by atoms with van der Waals surface area (Å²) < 4.78 is 0. The number of hydrogen-bond donors (Lipinski definition) is 0. The summed E-state index contributed by atoms with van der Waals surface area (Å²) in [6.45, 7) is 0. The van der Waals surface area contributed by atoms with Crippen LogP contribution >= 0.6 is 0 Å². The minimum absolute atomic E-state index is 0.0417. The summed E-state index contributed by atoms with van der Waals surface area (Å²) >= 11 is 0. The van der Waals surface area contributed by atoms with Crippen molar-refractivity contribution in [3.05, 3.63) is 143 Å². The second-order valence-electron chi connectivity index (χ2n) is 11.7. The quantitative estimate of drug-likeness (QED) is 0.273. The lowest BCUT2D eigenvalue weighted by atomic mass is 9.33. The molecule has 0 aliphatic heterocycles. The van der Waals surface area contributed by atoms with Crippen LogP contribution in [-0.2, 0) is 10.8 Å². The summed E-state index contributed by atoms with van der Waals surface area (Å²) in [5.74, 6) is 7.59. The first-order valence-corrected chi connectivity index (χ1v) is 13.2. The van der Waals surface area contributed by atoms with Crippen LogP contribution in [0.15, 0.2) is 126 Å². The van der Waals surface area contributed by atoms with Gasteiger partial charge in [-0.3, -0.25) is 0 Å². The topological polar surface area (TPSA) is 0 Å². The fraction of sp³-hybridized carbons (Fsp3) is 0.278. The van der Waals surface area contributed by atoms with Crippen molar-refractivity contribution in [2.75, 3.05) is 0 Å². The van der Waals surface area contributed by atoms with Gasteiger partial charge in [0.25, 0.3) is 0 Å². The molecule has 4 fully saturated rings. The second kappa shape index (κ2) is 7.88. The van der Waals surface area contributed by atoms with Gasteiger partial charge >= 0.3 is 0 Å². The molecule has 4 saturated carbocycles. The van der Waals surface area contributed by atoms with Crippen molar-refractivity contribution in [1.82, 2.24) is 0 Å². The van der Waals surface area contributed by atoms with Gasteiger partial charge in [0.05, 0.1) is 0 Å². The van der Waals surface area contributed by atoms with E-state index in [-0.39, 0.29) is 21.7 Å². The minimum Gasteiger partial charge on any atom is -0.0910 e. The van der Waals surface area contributed by atoms with E-state index in [4.69, 9.17) is 0 Å². The van der Waals surface area contributed by atoms with Crippen molar-refractivity contribution in [2.24, 2.45) is 10.8 Å². The Morgan fingerprint density at radius 2 is 1.11 bits per heavy atom. The molecule has 0 nitrogen and oxygen atoms in total. The zero-order valence-electron chi connectivity index (χ0n) is 20.6. The zero-order valence-corrected chi connectivity index (χ0v) is 20.6. The molecule has 0 heteroatoms. The third-order valence-corrected chi connectivity index (χ3v) is 9.30. The maximum absolute atomic E-state index is 3.95. The lowest BCUT2D eigenvalue weighted by Crippen LogP contribution is -2.64. The van der Waals surface area contributed by atoms with Crippen LogP contribution in [0.4, 0.5) is 0 Å². The van der Waals surface area contributed by atoms with Gasteiger partial charge in [-0.2, -0.15) is 0 Å². The molecule has 5 aliphatic carbocycles. The summed E-state index contributed by atoms with van der Waals surface area (Å²) in [6.07, 6.45) is 13.3. The molecule has 0 N–H and O–H groups in total. The monoisotopic (exact) mass is 462 g/mol. The molecular formula is C36H30. The highest BCUT2D eigenvalue weighted by molar-refractivity contribution is 5.48. The minimum atomic E-state index is -0.0417.